The average molecular weight is 344 g/mol. The van der Waals surface area contributed by atoms with E-state index in [0.29, 0.717) is 6.61 Å². The summed E-state index contributed by atoms with van der Waals surface area (Å²) in [5.41, 5.74) is 0.652. The lowest BCUT2D eigenvalue weighted by Gasteiger charge is -2.38. The lowest BCUT2D eigenvalue weighted by atomic mass is 9.88. The van der Waals surface area contributed by atoms with Crippen LogP contribution < -0.4 is 4.74 Å². The van der Waals surface area contributed by atoms with Crippen molar-refractivity contribution in [2.24, 2.45) is 0 Å². The predicted octanol–water partition coefficient (Wildman–Crippen LogP) is 2.99. The van der Waals surface area contributed by atoms with Gasteiger partial charge in [-0.1, -0.05) is 0 Å². The molecule has 2 fully saturated rings. The number of aromatic nitrogens is 1. The first-order chi connectivity index (χ1) is 11.7. The molecule has 2 aromatic rings. The highest BCUT2D eigenvalue weighted by molar-refractivity contribution is 7.08. The molecule has 1 atom stereocenters. The van der Waals surface area contributed by atoms with Crippen LogP contribution >= 0.6 is 11.3 Å². The molecule has 0 aliphatic carbocycles. The molecule has 0 bridgehead atoms. The number of piperidine rings is 1. The standard InChI is InChI=1S/C18H20N2O3S/c21-17(14-3-9-24-13-14)20-7-4-18(5-8-20)10-16(12-22-18)23-15-2-1-6-19-11-15/h1-3,6,9,11,13,16H,4-5,7-8,10,12H2/t16-/m0/s1. The van der Waals surface area contributed by atoms with Gasteiger partial charge >= 0.3 is 0 Å². The Morgan fingerprint density at radius 3 is 2.96 bits per heavy atom. The minimum atomic E-state index is -0.141. The molecule has 0 radical (unpaired) electrons. The normalized spacial score (nSPS) is 22.7. The Hall–Kier alpha value is -1.92. The maximum atomic E-state index is 12.4. The summed E-state index contributed by atoms with van der Waals surface area (Å²) in [6.45, 7) is 2.09. The molecule has 2 saturated heterocycles. The van der Waals surface area contributed by atoms with Crippen molar-refractivity contribution in [3.63, 3.8) is 0 Å². The van der Waals surface area contributed by atoms with Crippen LogP contribution in [0.3, 0.4) is 0 Å². The van der Waals surface area contributed by atoms with Crippen LogP contribution in [0.2, 0.25) is 0 Å². The van der Waals surface area contributed by atoms with Crippen molar-refractivity contribution in [3.8, 4) is 5.75 Å². The molecule has 1 amide bonds. The number of hydrogen-bond acceptors (Lipinski definition) is 5. The molecular weight excluding hydrogens is 324 g/mol. The van der Waals surface area contributed by atoms with Crippen molar-refractivity contribution < 1.29 is 14.3 Å². The topological polar surface area (TPSA) is 51.7 Å². The summed E-state index contributed by atoms with van der Waals surface area (Å²) in [6, 6.07) is 5.68. The van der Waals surface area contributed by atoms with Crippen molar-refractivity contribution in [1.29, 1.82) is 0 Å². The zero-order valence-electron chi connectivity index (χ0n) is 13.4. The second kappa shape index (κ2) is 6.53. The van der Waals surface area contributed by atoms with Crippen LogP contribution in [0.1, 0.15) is 29.6 Å². The van der Waals surface area contributed by atoms with Gasteiger partial charge < -0.3 is 14.4 Å². The predicted molar refractivity (Wildman–Crippen MR) is 91.4 cm³/mol. The summed E-state index contributed by atoms with van der Waals surface area (Å²) in [6.07, 6.45) is 6.15. The first kappa shape index (κ1) is 15.6. The summed E-state index contributed by atoms with van der Waals surface area (Å²) in [7, 11) is 0. The van der Waals surface area contributed by atoms with Gasteiger partial charge in [0.2, 0.25) is 0 Å². The fraction of sp³-hybridized carbons (Fsp3) is 0.444. The van der Waals surface area contributed by atoms with Crippen LogP contribution in [0.4, 0.5) is 0 Å². The van der Waals surface area contributed by atoms with E-state index in [4.69, 9.17) is 9.47 Å². The number of amides is 1. The van der Waals surface area contributed by atoms with Crippen molar-refractivity contribution in [2.45, 2.75) is 31.0 Å². The number of thiophene rings is 1. The number of likely N-dealkylation sites (tertiary alicyclic amines) is 1. The Labute approximate surface area is 145 Å². The van der Waals surface area contributed by atoms with Gasteiger partial charge in [0.05, 0.1) is 24.0 Å². The van der Waals surface area contributed by atoms with Gasteiger partial charge in [0.1, 0.15) is 11.9 Å². The van der Waals surface area contributed by atoms with E-state index in [1.54, 1.807) is 23.7 Å². The SMILES string of the molecule is O=C(c1ccsc1)N1CCC2(CC1)C[C@H](Oc1cccnc1)CO2. The summed E-state index contributed by atoms with van der Waals surface area (Å²) >= 11 is 1.56. The summed E-state index contributed by atoms with van der Waals surface area (Å²) < 4.78 is 12.1. The lowest BCUT2D eigenvalue weighted by Crippen LogP contribution is -2.46. The third kappa shape index (κ3) is 3.16. The van der Waals surface area contributed by atoms with E-state index < -0.39 is 0 Å². The molecule has 6 heteroatoms. The van der Waals surface area contributed by atoms with E-state index in [9.17, 15) is 4.79 Å². The minimum Gasteiger partial charge on any atom is -0.486 e. The molecule has 24 heavy (non-hydrogen) atoms. The number of ether oxygens (including phenoxy) is 2. The highest BCUT2D eigenvalue weighted by atomic mass is 32.1. The summed E-state index contributed by atoms with van der Waals surface area (Å²) in [5, 5.41) is 3.86. The monoisotopic (exact) mass is 344 g/mol. The molecular formula is C18H20N2O3S. The maximum absolute atomic E-state index is 12.4. The third-order valence-electron chi connectivity index (χ3n) is 4.84. The van der Waals surface area contributed by atoms with Crippen LogP contribution in [-0.2, 0) is 4.74 Å². The molecule has 0 aromatic carbocycles. The minimum absolute atomic E-state index is 0.0633. The average Bonchev–Trinajstić information content (AvgIpc) is 3.27. The van der Waals surface area contributed by atoms with E-state index in [2.05, 4.69) is 4.98 Å². The molecule has 0 saturated carbocycles. The van der Waals surface area contributed by atoms with E-state index >= 15 is 0 Å². The van der Waals surface area contributed by atoms with Crippen LogP contribution in [0, 0.1) is 0 Å². The van der Waals surface area contributed by atoms with Gasteiger partial charge in [-0.3, -0.25) is 9.78 Å². The number of pyridine rings is 1. The molecule has 1 spiro atoms. The highest BCUT2D eigenvalue weighted by Gasteiger charge is 2.44. The van der Waals surface area contributed by atoms with Crippen molar-refractivity contribution in [3.05, 3.63) is 46.9 Å². The van der Waals surface area contributed by atoms with Crippen LogP contribution in [0.5, 0.6) is 5.75 Å². The van der Waals surface area contributed by atoms with Crippen LogP contribution in [0.25, 0.3) is 0 Å². The van der Waals surface area contributed by atoms with Gasteiger partial charge in [-0.15, -0.1) is 0 Å². The van der Waals surface area contributed by atoms with Crippen LogP contribution in [0.15, 0.2) is 41.4 Å². The first-order valence-electron chi connectivity index (χ1n) is 8.26. The second-order valence-corrected chi connectivity index (χ2v) is 7.21. The number of rotatable bonds is 3. The van der Waals surface area contributed by atoms with Gasteiger partial charge in [0, 0.05) is 31.1 Å². The Bertz CT molecular complexity index is 682. The second-order valence-electron chi connectivity index (χ2n) is 6.43. The largest absolute Gasteiger partial charge is 0.486 e. The Morgan fingerprint density at radius 2 is 2.25 bits per heavy atom. The van der Waals surface area contributed by atoms with Crippen molar-refractivity contribution in [2.75, 3.05) is 19.7 Å². The molecule has 4 rings (SSSR count). The van der Waals surface area contributed by atoms with Gasteiger partial charge in [-0.25, -0.2) is 0 Å². The molecule has 2 aromatic heterocycles. The highest BCUT2D eigenvalue weighted by Crippen LogP contribution is 2.37. The fourth-order valence-corrected chi connectivity index (χ4v) is 4.15. The lowest BCUT2D eigenvalue weighted by molar-refractivity contribution is -0.0395. The number of hydrogen-bond donors (Lipinski definition) is 0. The molecule has 2 aliphatic heterocycles. The smallest absolute Gasteiger partial charge is 0.254 e. The Kier molecular flexibility index (Phi) is 4.24. The quantitative estimate of drug-likeness (QED) is 0.859. The van der Waals surface area contributed by atoms with E-state index in [1.807, 2.05) is 33.9 Å². The fourth-order valence-electron chi connectivity index (χ4n) is 3.52. The zero-order chi connectivity index (χ0) is 16.4. The Balaban J connectivity index is 1.33. The van der Waals surface area contributed by atoms with Gasteiger partial charge in [-0.2, -0.15) is 11.3 Å². The number of nitrogens with zero attached hydrogens (tertiary/aromatic N) is 2. The molecule has 5 nitrogen and oxygen atoms in total. The summed E-state index contributed by atoms with van der Waals surface area (Å²) in [4.78, 5) is 18.4. The summed E-state index contributed by atoms with van der Waals surface area (Å²) in [5.74, 6) is 0.917. The molecule has 0 unspecified atom stereocenters. The van der Waals surface area contributed by atoms with E-state index in [0.717, 1.165) is 43.7 Å². The zero-order valence-corrected chi connectivity index (χ0v) is 14.2. The molecule has 126 valence electrons. The third-order valence-corrected chi connectivity index (χ3v) is 5.53. The van der Waals surface area contributed by atoms with E-state index in [1.165, 1.54) is 0 Å². The molecule has 0 N–H and O–H groups in total. The molecule has 4 heterocycles. The maximum Gasteiger partial charge on any atom is 0.254 e. The van der Waals surface area contributed by atoms with Crippen molar-refractivity contribution in [1.82, 2.24) is 9.88 Å². The first-order valence-corrected chi connectivity index (χ1v) is 9.21. The number of carbonyl (C=O) groups is 1. The van der Waals surface area contributed by atoms with Crippen LogP contribution in [-0.4, -0.2) is 47.2 Å². The van der Waals surface area contributed by atoms with Gasteiger partial charge in [0.15, 0.2) is 0 Å². The van der Waals surface area contributed by atoms with E-state index in [-0.39, 0.29) is 17.6 Å². The van der Waals surface area contributed by atoms with Gasteiger partial charge in [0.25, 0.3) is 5.91 Å². The molecule has 2 aliphatic rings. The van der Waals surface area contributed by atoms with Gasteiger partial charge in [-0.05, 0) is 36.4 Å². The number of carbonyl (C=O) groups excluding carboxylic acids is 1. The van der Waals surface area contributed by atoms with Crippen molar-refractivity contribution >= 4 is 17.2 Å². The Morgan fingerprint density at radius 1 is 1.38 bits per heavy atom.